The molecule has 0 aliphatic heterocycles. The zero-order valence-electron chi connectivity index (χ0n) is 22.2. The van der Waals surface area contributed by atoms with Crippen molar-refractivity contribution < 1.29 is 19.1 Å². The van der Waals surface area contributed by atoms with Gasteiger partial charge in [-0.3, -0.25) is 4.79 Å². The molecule has 0 aliphatic carbocycles. The van der Waals surface area contributed by atoms with E-state index in [4.69, 9.17) is 9.47 Å². The lowest BCUT2D eigenvalue weighted by atomic mass is 10.1. The molecule has 0 radical (unpaired) electrons. The Bertz CT molecular complexity index is 1150. The first kappa shape index (κ1) is 28.1. The van der Waals surface area contributed by atoms with Crippen molar-refractivity contribution in [1.82, 2.24) is 15.1 Å². The first-order valence-corrected chi connectivity index (χ1v) is 13.4. The van der Waals surface area contributed by atoms with Gasteiger partial charge in [-0.2, -0.15) is 0 Å². The molecule has 0 saturated heterocycles. The van der Waals surface area contributed by atoms with E-state index >= 15 is 0 Å². The molecule has 1 heterocycles. The van der Waals surface area contributed by atoms with Crippen LogP contribution in [0.5, 0.6) is 11.5 Å². The van der Waals surface area contributed by atoms with Crippen molar-refractivity contribution in [2.75, 3.05) is 33.9 Å². The number of carbonyl (C=O) groups is 2. The Hall–Kier alpha value is -3.52. The Morgan fingerprint density at radius 1 is 0.892 bits per heavy atom. The number of hydrogen-bond donors (Lipinski definition) is 1. The SMILES string of the molecule is CCCN(CC(=O)N(CCc1ccc(OC)c(OC)c1)Cc1ccc(C)s1)C(=O)NCc1ccccc1. The van der Waals surface area contributed by atoms with Crippen LogP contribution in [0.3, 0.4) is 0 Å². The number of carbonyl (C=O) groups excluding carboxylic acids is 2. The molecular weight excluding hydrogens is 486 g/mol. The highest BCUT2D eigenvalue weighted by Gasteiger charge is 2.22. The molecule has 0 atom stereocenters. The molecule has 37 heavy (non-hydrogen) atoms. The second kappa shape index (κ2) is 14.3. The molecule has 1 N–H and O–H groups in total. The van der Waals surface area contributed by atoms with Crippen molar-refractivity contribution in [2.45, 2.75) is 39.8 Å². The average molecular weight is 524 g/mol. The molecule has 0 fully saturated rings. The number of methoxy groups -OCH3 is 2. The molecule has 0 saturated carbocycles. The Balaban J connectivity index is 1.70. The second-order valence-electron chi connectivity index (χ2n) is 8.83. The summed E-state index contributed by atoms with van der Waals surface area (Å²) in [7, 11) is 3.22. The average Bonchev–Trinajstić information content (AvgIpc) is 3.34. The molecule has 2 aromatic carbocycles. The van der Waals surface area contributed by atoms with Crippen LogP contribution in [-0.4, -0.2) is 55.6 Å². The lowest BCUT2D eigenvalue weighted by molar-refractivity contribution is -0.132. The molecule has 1 aromatic heterocycles. The Morgan fingerprint density at radius 2 is 1.65 bits per heavy atom. The number of aryl methyl sites for hydroxylation is 1. The molecule has 0 unspecified atom stereocenters. The number of amides is 3. The van der Waals surface area contributed by atoms with Crippen LogP contribution in [0.4, 0.5) is 4.79 Å². The third-order valence-electron chi connectivity index (χ3n) is 6.01. The van der Waals surface area contributed by atoms with Gasteiger partial charge in [-0.25, -0.2) is 4.79 Å². The minimum Gasteiger partial charge on any atom is -0.493 e. The summed E-state index contributed by atoms with van der Waals surface area (Å²) in [6, 6.07) is 19.5. The minimum atomic E-state index is -0.231. The largest absolute Gasteiger partial charge is 0.493 e. The number of nitrogens with one attached hydrogen (secondary N) is 1. The molecule has 0 spiro atoms. The Labute approximate surface area is 224 Å². The van der Waals surface area contributed by atoms with E-state index in [1.54, 1.807) is 30.5 Å². The quantitative estimate of drug-likeness (QED) is 0.332. The predicted octanol–water partition coefficient (Wildman–Crippen LogP) is 5.27. The molecule has 0 bridgehead atoms. The highest BCUT2D eigenvalue weighted by molar-refractivity contribution is 7.11. The number of hydrogen-bond acceptors (Lipinski definition) is 5. The molecule has 3 amide bonds. The van der Waals surface area contributed by atoms with Gasteiger partial charge in [0.25, 0.3) is 0 Å². The zero-order chi connectivity index (χ0) is 26.6. The Morgan fingerprint density at radius 3 is 2.30 bits per heavy atom. The van der Waals surface area contributed by atoms with Gasteiger partial charge in [-0.15, -0.1) is 11.3 Å². The van der Waals surface area contributed by atoms with Gasteiger partial charge >= 0.3 is 6.03 Å². The van der Waals surface area contributed by atoms with E-state index in [1.165, 1.54) is 4.88 Å². The van der Waals surface area contributed by atoms with Crippen LogP contribution in [0.2, 0.25) is 0 Å². The van der Waals surface area contributed by atoms with Crippen LogP contribution in [0.25, 0.3) is 0 Å². The molecule has 3 aromatic rings. The standard InChI is InChI=1S/C29H37N3O4S/c1-5-16-32(29(34)30-19-24-9-7-6-8-10-24)21-28(33)31(20-25-13-11-22(2)37-25)17-15-23-12-14-26(35-3)27(18-23)36-4/h6-14,18H,5,15-17,19-21H2,1-4H3,(H,30,34). The van der Waals surface area contributed by atoms with Gasteiger partial charge in [0, 0.05) is 29.4 Å². The van der Waals surface area contributed by atoms with E-state index in [0.717, 1.165) is 22.4 Å². The maximum absolute atomic E-state index is 13.5. The summed E-state index contributed by atoms with van der Waals surface area (Å²) in [5.74, 6) is 1.26. The fraction of sp³-hybridized carbons (Fsp3) is 0.379. The molecule has 198 valence electrons. The van der Waals surface area contributed by atoms with Gasteiger partial charge in [0.15, 0.2) is 11.5 Å². The molecule has 7 nitrogen and oxygen atoms in total. The first-order chi connectivity index (χ1) is 17.9. The fourth-order valence-corrected chi connectivity index (χ4v) is 4.93. The van der Waals surface area contributed by atoms with Crippen molar-refractivity contribution in [2.24, 2.45) is 0 Å². The normalized spacial score (nSPS) is 10.6. The van der Waals surface area contributed by atoms with Crippen LogP contribution in [0.15, 0.2) is 60.7 Å². The minimum absolute atomic E-state index is 0.0325. The van der Waals surface area contributed by atoms with Crippen molar-refractivity contribution in [1.29, 1.82) is 0 Å². The summed E-state index contributed by atoms with van der Waals surface area (Å²) < 4.78 is 10.8. The van der Waals surface area contributed by atoms with E-state index in [2.05, 4.69) is 24.4 Å². The summed E-state index contributed by atoms with van der Waals surface area (Å²) >= 11 is 1.68. The number of rotatable bonds is 13. The van der Waals surface area contributed by atoms with Gasteiger partial charge < -0.3 is 24.6 Å². The van der Waals surface area contributed by atoms with Crippen molar-refractivity contribution in [3.05, 3.63) is 81.5 Å². The van der Waals surface area contributed by atoms with Crippen LogP contribution < -0.4 is 14.8 Å². The molecular formula is C29H37N3O4S. The number of urea groups is 1. The van der Waals surface area contributed by atoms with Gasteiger partial charge in [-0.05, 0) is 55.2 Å². The molecule has 8 heteroatoms. The molecule has 3 rings (SSSR count). The smallest absolute Gasteiger partial charge is 0.318 e. The maximum Gasteiger partial charge on any atom is 0.318 e. The first-order valence-electron chi connectivity index (χ1n) is 12.5. The highest BCUT2D eigenvalue weighted by atomic mass is 32.1. The van der Waals surface area contributed by atoms with Crippen molar-refractivity contribution >= 4 is 23.3 Å². The summed E-state index contributed by atoms with van der Waals surface area (Å²) in [4.78, 5) is 32.3. The summed E-state index contributed by atoms with van der Waals surface area (Å²) in [6.45, 7) is 6.06. The van der Waals surface area contributed by atoms with Crippen LogP contribution in [0.1, 0.15) is 34.2 Å². The third kappa shape index (κ3) is 8.53. The third-order valence-corrected chi connectivity index (χ3v) is 6.99. The predicted molar refractivity (Wildman–Crippen MR) is 148 cm³/mol. The van der Waals surface area contributed by atoms with Gasteiger partial charge in [0.1, 0.15) is 6.54 Å². The summed E-state index contributed by atoms with van der Waals surface area (Å²) in [5.41, 5.74) is 2.06. The van der Waals surface area contributed by atoms with Gasteiger partial charge in [0.2, 0.25) is 5.91 Å². The topological polar surface area (TPSA) is 71.1 Å². The lowest BCUT2D eigenvalue weighted by Gasteiger charge is -2.27. The Kier molecular flexibility index (Phi) is 10.8. The fourth-order valence-electron chi connectivity index (χ4n) is 4.02. The van der Waals surface area contributed by atoms with Crippen LogP contribution in [0, 0.1) is 6.92 Å². The maximum atomic E-state index is 13.5. The number of ether oxygens (including phenoxy) is 2. The molecule has 0 aliphatic rings. The summed E-state index contributed by atoms with van der Waals surface area (Å²) in [6.07, 6.45) is 1.42. The van der Waals surface area contributed by atoms with Crippen LogP contribution in [-0.2, 0) is 24.3 Å². The van der Waals surface area contributed by atoms with E-state index < -0.39 is 0 Å². The lowest BCUT2D eigenvalue weighted by Crippen LogP contribution is -2.47. The number of benzene rings is 2. The zero-order valence-corrected chi connectivity index (χ0v) is 23.0. The number of nitrogens with zero attached hydrogens (tertiary/aromatic N) is 2. The van der Waals surface area contributed by atoms with Crippen LogP contribution >= 0.6 is 11.3 Å². The summed E-state index contributed by atoms with van der Waals surface area (Å²) in [5, 5.41) is 2.96. The second-order valence-corrected chi connectivity index (χ2v) is 10.2. The van der Waals surface area contributed by atoms with E-state index in [-0.39, 0.29) is 18.5 Å². The van der Waals surface area contributed by atoms with Crippen molar-refractivity contribution in [3.63, 3.8) is 0 Å². The van der Waals surface area contributed by atoms with E-state index in [9.17, 15) is 9.59 Å². The van der Waals surface area contributed by atoms with E-state index in [0.29, 0.717) is 44.1 Å². The highest BCUT2D eigenvalue weighted by Crippen LogP contribution is 2.28. The van der Waals surface area contributed by atoms with Gasteiger partial charge in [-0.1, -0.05) is 43.3 Å². The van der Waals surface area contributed by atoms with Crippen molar-refractivity contribution in [3.8, 4) is 11.5 Å². The van der Waals surface area contributed by atoms with E-state index in [1.807, 2.05) is 60.4 Å². The monoisotopic (exact) mass is 523 g/mol. The number of thiophene rings is 1. The van der Waals surface area contributed by atoms with Gasteiger partial charge in [0.05, 0.1) is 20.8 Å².